The molecule has 31 heavy (non-hydrogen) atoms. The van der Waals surface area contributed by atoms with Crippen LogP contribution in [0.3, 0.4) is 0 Å². The Morgan fingerprint density at radius 3 is 2.71 bits per heavy atom. The number of hydrogen-bond donors (Lipinski definition) is 2. The monoisotopic (exact) mass is 463 g/mol. The lowest BCUT2D eigenvalue weighted by Gasteiger charge is -2.13. The van der Waals surface area contributed by atoms with Crippen molar-refractivity contribution in [2.24, 2.45) is 0 Å². The van der Waals surface area contributed by atoms with E-state index < -0.39 is 17.2 Å². The summed E-state index contributed by atoms with van der Waals surface area (Å²) in [6.07, 6.45) is 1.58. The number of urea groups is 1. The fourth-order valence-electron chi connectivity index (χ4n) is 2.54. The number of hydrogen-bond acceptors (Lipinski definition) is 7. The molecule has 9 nitrogen and oxygen atoms in total. The van der Waals surface area contributed by atoms with Crippen LogP contribution in [0.25, 0.3) is 0 Å². The van der Waals surface area contributed by atoms with Gasteiger partial charge in [0.25, 0.3) is 0 Å². The summed E-state index contributed by atoms with van der Waals surface area (Å²) in [5, 5.41) is 13.8. The molecule has 0 bridgehead atoms. The summed E-state index contributed by atoms with van der Waals surface area (Å²) in [5.74, 6) is 1.47. The fourth-order valence-corrected chi connectivity index (χ4v) is 3.53. The Morgan fingerprint density at radius 1 is 1.26 bits per heavy atom. The maximum absolute atomic E-state index is 12.3. The molecule has 0 aliphatic rings. The van der Waals surface area contributed by atoms with Gasteiger partial charge in [0.05, 0.1) is 18.1 Å². The first kappa shape index (κ1) is 22.7. The summed E-state index contributed by atoms with van der Waals surface area (Å²) in [6, 6.07) is 10.1. The Balaban J connectivity index is 1.73. The SMILES string of the molecule is CCNC(=O)NC(=O)C(C)Sc1nnc(COc2ccc(Cl)cc2)n1Cc1ccco1. The molecule has 3 aromatic rings. The van der Waals surface area contributed by atoms with Crippen LogP contribution in [0.2, 0.25) is 5.02 Å². The van der Waals surface area contributed by atoms with Crippen molar-refractivity contribution in [2.75, 3.05) is 6.54 Å². The number of thioether (sulfide) groups is 1. The van der Waals surface area contributed by atoms with Crippen LogP contribution in [0.15, 0.2) is 52.2 Å². The third-order valence-electron chi connectivity index (χ3n) is 4.09. The van der Waals surface area contributed by atoms with Gasteiger partial charge in [0.1, 0.15) is 18.1 Å². The van der Waals surface area contributed by atoms with Crippen molar-refractivity contribution in [3.63, 3.8) is 0 Å². The smallest absolute Gasteiger partial charge is 0.321 e. The molecule has 3 rings (SSSR count). The zero-order chi connectivity index (χ0) is 22.2. The van der Waals surface area contributed by atoms with Gasteiger partial charge in [-0.15, -0.1) is 10.2 Å². The number of benzene rings is 1. The van der Waals surface area contributed by atoms with Crippen molar-refractivity contribution in [3.05, 3.63) is 59.3 Å². The minimum absolute atomic E-state index is 0.162. The summed E-state index contributed by atoms with van der Waals surface area (Å²) in [4.78, 5) is 23.9. The Morgan fingerprint density at radius 2 is 2.03 bits per heavy atom. The number of amides is 3. The highest BCUT2D eigenvalue weighted by molar-refractivity contribution is 8.00. The van der Waals surface area contributed by atoms with Gasteiger partial charge in [-0.05, 0) is 50.2 Å². The molecule has 2 N–H and O–H groups in total. The number of nitrogens with zero attached hydrogens (tertiary/aromatic N) is 3. The van der Waals surface area contributed by atoms with Crippen LogP contribution in [0.5, 0.6) is 5.75 Å². The van der Waals surface area contributed by atoms with Gasteiger partial charge in [0.2, 0.25) is 5.91 Å². The third-order valence-corrected chi connectivity index (χ3v) is 5.43. The first-order valence-electron chi connectivity index (χ1n) is 9.54. The lowest BCUT2D eigenvalue weighted by Crippen LogP contribution is -2.42. The van der Waals surface area contributed by atoms with E-state index in [1.165, 1.54) is 11.8 Å². The Labute approximate surface area is 188 Å². The van der Waals surface area contributed by atoms with Crippen LogP contribution in [0.1, 0.15) is 25.4 Å². The number of halogens is 1. The largest absolute Gasteiger partial charge is 0.486 e. The third kappa shape index (κ3) is 6.50. The molecule has 0 saturated carbocycles. The molecule has 0 saturated heterocycles. The normalized spacial score (nSPS) is 11.7. The number of imide groups is 1. The van der Waals surface area contributed by atoms with E-state index >= 15 is 0 Å². The van der Waals surface area contributed by atoms with E-state index in [0.29, 0.717) is 40.6 Å². The number of nitrogens with one attached hydrogen (secondary N) is 2. The topological polar surface area (TPSA) is 111 Å². The molecule has 1 atom stereocenters. The van der Waals surface area contributed by atoms with E-state index in [4.69, 9.17) is 20.8 Å². The first-order chi connectivity index (χ1) is 15.0. The van der Waals surface area contributed by atoms with Gasteiger partial charge in [-0.2, -0.15) is 0 Å². The predicted octanol–water partition coefficient (Wildman–Crippen LogP) is 3.48. The molecule has 0 spiro atoms. The highest BCUT2D eigenvalue weighted by Gasteiger charge is 2.22. The van der Waals surface area contributed by atoms with Crippen molar-refractivity contribution in [3.8, 4) is 5.75 Å². The van der Waals surface area contributed by atoms with E-state index in [9.17, 15) is 9.59 Å². The molecule has 0 aliphatic carbocycles. The number of ether oxygens (including phenoxy) is 1. The van der Waals surface area contributed by atoms with E-state index in [2.05, 4.69) is 20.8 Å². The zero-order valence-electron chi connectivity index (χ0n) is 17.0. The summed E-state index contributed by atoms with van der Waals surface area (Å²) >= 11 is 7.09. The molecule has 0 aliphatic heterocycles. The Hall–Kier alpha value is -2.98. The van der Waals surface area contributed by atoms with Gasteiger partial charge in [0, 0.05) is 11.6 Å². The quantitative estimate of drug-likeness (QED) is 0.467. The van der Waals surface area contributed by atoms with Gasteiger partial charge < -0.3 is 14.5 Å². The molecule has 11 heteroatoms. The van der Waals surface area contributed by atoms with Crippen molar-refractivity contribution in [1.82, 2.24) is 25.4 Å². The first-order valence-corrected chi connectivity index (χ1v) is 10.8. The van der Waals surface area contributed by atoms with Crippen molar-refractivity contribution in [1.29, 1.82) is 0 Å². The molecule has 1 unspecified atom stereocenters. The van der Waals surface area contributed by atoms with E-state index in [-0.39, 0.29) is 6.61 Å². The number of furan rings is 1. The summed E-state index contributed by atoms with van der Waals surface area (Å²) < 4.78 is 13.1. The van der Waals surface area contributed by atoms with Crippen LogP contribution in [-0.4, -0.2) is 38.5 Å². The number of aromatic nitrogens is 3. The fraction of sp³-hybridized carbons (Fsp3) is 0.300. The second-order valence-corrected chi connectivity index (χ2v) is 8.16. The van der Waals surface area contributed by atoms with Crippen molar-refractivity contribution >= 4 is 35.3 Å². The average molecular weight is 464 g/mol. The van der Waals surface area contributed by atoms with Gasteiger partial charge in [-0.3, -0.25) is 14.7 Å². The number of rotatable bonds is 9. The zero-order valence-corrected chi connectivity index (χ0v) is 18.6. The van der Waals surface area contributed by atoms with E-state index in [1.807, 2.05) is 10.6 Å². The molecule has 1 aromatic carbocycles. The predicted molar refractivity (Wildman–Crippen MR) is 116 cm³/mol. The molecular weight excluding hydrogens is 442 g/mol. The van der Waals surface area contributed by atoms with Crippen LogP contribution in [-0.2, 0) is 17.9 Å². The second kappa shape index (κ2) is 10.9. The van der Waals surface area contributed by atoms with Gasteiger partial charge >= 0.3 is 6.03 Å². The molecule has 164 valence electrons. The molecule has 0 radical (unpaired) electrons. The summed E-state index contributed by atoms with van der Waals surface area (Å²) in [6.45, 7) is 4.42. The summed E-state index contributed by atoms with van der Waals surface area (Å²) in [7, 11) is 0. The van der Waals surface area contributed by atoms with Crippen LogP contribution in [0.4, 0.5) is 4.79 Å². The summed E-state index contributed by atoms with van der Waals surface area (Å²) in [5.41, 5.74) is 0. The van der Waals surface area contributed by atoms with Crippen LogP contribution < -0.4 is 15.4 Å². The lowest BCUT2D eigenvalue weighted by molar-refractivity contribution is -0.119. The second-order valence-electron chi connectivity index (χ2n) is 6.42. The maximum Gasteiger partial charge on any atom is 0.321 e. The van der Waals surface area contributed by atoms with Gasteiger partial charge in [0.15, 0.2) is 11.0 Å². The minimum atomic E-state index is -0.577. The Bertz CT molecular complexity index is 1010. The minimum Gasteiger partial charge on any atom is -0.486 e. The maximum atomic E-state index is 12.3. The highest BCUT2D eigenvalue weighted by Crippen LogP contribution is 2.24. The van der Waals surface area contributed by atoms with Crippen LogP contribution >= 0.6 is 23.4 Å². The standard InChI is InChI=1S/C20H22ClN5O4S/c1-3-22-19(28)23-18(27)13(2)31-20-25-24-17(26(20)11-16-5-4-10-29-16)12-30-15-8-6-14(21)7-9-15/h4-10,13H,3,11-12H2,1-2H3,(H2,22,23,27,28). The molecule has 0 fully saturated rings. The molecule has 2 heterocycles. The molecule has 3 amide bonds. The Kier molecular flexibility index (Phi) is 7.96. The van der Waals surface area contributed by atoms with Crippen LogP contribution in [0, 0.1) is 0 Å². The molecule has 2 aromatic heterocycles. The number of carbonyl (C=O) groups is 2. The van der Waals surface area contributed by atoms with Gasteiger partial charge in [-0.1, -0.05) is 23.4 Å². The molecular formula is C20H22ClN5O4S. The van der Waals surface area contributed by atoms with E-state index in [0.717, 1.165) is 0 Å². The van der Waals surface area contributed by atoms with Crippen molar-refractivity contribution in [2.45, 2.75) is 37.4 Å². The van der Waals surface area contributed by atoms with Crippen molar-refractivity contribution < 1.29 is 18.7 Å². The number of carbonyl (C=O) groups excluding carboxylic acids is 2. The van der Waals surface area contributed by atoms with Gasteiger partial charge in [-0.25, -0.2) is 4.79 Å². The lowest BCUT2D eigenvalue weighted by atomic mass is 10.3. The average Bonchev–Trinajstić information content (AvgIpc) is 3.39. The van der Waals surface area contributed by atoms with E-state index in [1.54, 1.807) is 50.4 Å². The highest BCUT2D eigenvalue weighted by atomic mass is 35.5.